The second kappa shape index (κ2) is 3.97. The highest BCUT2D eigenvalue weighted by molar-refractivity contribution is 5.06. The summed E-state index contributed by atoms with van der Waals surface area (Å²) in [6.07, 6.45) is -4.28. The molecular formula is C9H9F4N3. The molecule has 16 heavy (non-hydrogen) atoms. The molecule has 0 radical (unpaired) electrons. The van der Waals surface area contributed by atoms with Crippen molar-refractivity contribution in [3.05, 3.63) is 23.8 Å². The number of aromatic nitrogens is 2. The van der Waals surface area contributed by atoms with E-state index in [0.717, 1.165) is 12.3 Å². The average molecular weight is 235 g/mol. The normalized spacial score (nSPS) is 18.5. The molecule has 0 bridgehead atoms. The molecule has 1 aliphatic heterocycles. The van der Waals surface area contributed by atoms with Gasteiger partial charge in [0.15, 0.2) is 0 Å². The third-order valence-electron chi connectivity index (χ3n) is 2.27. The van der Waals surface area contributed by atoms with Crippen LogP contribution in [-0.4, -0.2) is 34.1 Å². The van der Waals surface area contributed by atoms with E-state index in [1.165, 1.54) is 0 Å². The van der Waals surface area contributed by atoms with Gasteiger partial charge < -0.3 is 0 Å². The molecule has 0 saturated carbocycles. The summed E-state index contributed by atoms with van der Waals surface area (Å²) in [6, 6.07) is 0.817. The van der Waals surface area contributed by atoms with Gasteiger partial charge in [0.25, 0.3) is 0 Å². The number of halogens is 4. The van der Waals surface area contributed by atoms with E-state index in [1.807, 2.05) is 0 Å². The smallest absolute Gasteiger partial charge is 0.290 e. The Morgan fingerprint density at radius 1 is 1.38 bits per heavy atom. The highest BCUT2D eigenvalue weighted by Gasteiger charge is 2.33. The summed E-state index contributed by atoms with van der Waals surface area (Å²) in [7, 11) is 0. The molecule has 1 fully saturated rings. The first-order valence-electron chi connectivity index (χ1n) is 4.70. The lowest BCUT2D eigenvalue weighted by atomic mass is 10.2. The summed E-state index contributed by atoms with van der Waals surface area (Å²) in [6.45, 7) is 0.629. The average Bonchev–Trinajstić information content (AvgIpc) is 2.14. The number of hydrogen-bond acceptors (Lipinski definition) is 3. The minimum atomic E-state index is -4.46. The number of rotatable bonds is 2. The molecule has 3 nitrogen and oxygen atoms in total. The lowest BCUT2D eigenvalue weighted by Crippen LogP contribution is -2.47. The lowest BCUT2D eigenvalue weighted by Gasteiger charge is -2.33. The van der Waals surface area contributed by atoms with E-state index in [9.17, 15) is 17.6 Å². The fraction of sp³-hybridized carbons (Fsp3) is 0.556. The molecule has 0 aromatic carbocycles. The van der Waals surface area contributed by atoms with Gasteiger partial charge in [-0.2, -0.15) is 13.2 Å². The van der Waals surface area contributed by atoms with E-state index in [4.69, 9.17) is 0 Å². The first-order valence-corrected chi connectivity index (χ1v) is 4.70. The summed E-state index contributed by atoms with van der Waals surface area (Å²) >= 11 is 0. The minimum Gasteiger partial charge on any atom is -0.290 e. The van der Waals surface area contributed by atoms with Gasteiger partial charge >= 0.3 is 6.18 Å². The summed E-state index contributed by atoms with van der Waals surface area (Å²) in [4.78, 5) is 8.77. The first-order chi connectivity index (χ1) is 7.45. The molecule has 0 N–H and O–H groups in total. The fourth-order valence-electron chi connectivity index (χ4n) is 1.47. The van der Waals surface area contributed by atoms with Crippen LogP contribution >= 0.6 is 0 Å². The molecule has 0 unspecified atom stereocenters. The van der Waals surface area contributed by atoms with Crippen LogP contribution in [0.15, 0.2) is 12.3 Å². The molecule has 0 atom stereocenters. The first kappa shape index (κ1) is 11.3. The van der Waals surface area contributed by atoms with Crippen molar-refractivity contribution in [1.82, 2.24) is 14.9 Å². The monoisotopic (exact) mass is 235 g/mol. The van der Waals surface area contributed by atoms with Gasteiger partial charge in [0, 0.05) is 19.3 Å². The number of nitrogens with zero attached hydrogens (tertiary/aromatic N) is 3. The van der Waals surface area contributed by atoms with Crippen LogP contribution in [0.3, 0.4) is 0 Å². The van der Waals surface area contributed by atoms with Gasteiger partial charge in [-0.1, -0.05) is 0 Å². The maximum Gasteiger partial charge on any atom is 0.433 e. The fourth-order valence-corrected chi connectivity index (χ4v) is 1.47. The Bertz CT molecular complexity index is 373. The van der Waals surface area contributed by atoms with Gasteiger partial charge in [0.1, 0.15) is 17.7 Å². The zero-order valence-corrected chi connectivity index (χ0v) is 8.21. The Hall–Kier alpha value is -1.24. The molecule has 0 aliphatic carbocycles. The molecular weight excluding hydrogens is 226 g/mol. The minimum absolute atomic E-state index is 0.0710. The quantitative estimate of drug-likeness (QED) is 0.730. The summed E-state index contributed by atoms with van der Waals surface area (Å²) in [5.41, 5.74) is -0.963. The van der Waals surface area contributed by atoms with Crippen LogP contribution in [-0.2, 0) is 12.7 Å². The largest absolute Gasteiger partial charge is 0.433 e. The molecule has 1 aromatic rings. The Labute approximate surface area is 89.1 Å². The van der Waals surface area contributed by atoms with E-state index in [-0.39, 0.29) is 25.5 Å². The van der Waals surface area contributed by atoms with Crippen molar-refractivity contribution in [2.24, 2.45) is 0 Å². The zero-order valence-electron chi connectivity index (χ0n) is 8.21. The standard InChI is InChI=1S/C9H9F4N3/c10-6-3-16(4-6)5-8-14-2-1-7(15-8)9(11,12)13/h1-2,6H,3-5H2. The predicted octanol–water partition coefficient (Wildman–Crippen LogP) is 1.65. The topological polar surface area (TPSA) is 29.0 Å². The number of hydrogen-bond donors (Lipinski definition) is 0. The number of alkyl halides is 4. The molecule has 7 heteroatoms. The van der Waals surface area contributed by atoms with Crippen molar-refractivity contribution < 1.29 is 17.6 Å². The Kier molecular flexibility index (Phi) is 2.79. The third-order valence-corrected chi connectivity index (χ3v) is 2.27. The van der Waals surface area contributed by atoms with Crippen LogP contribution < -0.4 is 0 Å². The predicted molar refractivity (Wildman–Crippen MR) is 47.2 cm³/mol. The second-order valence-corrected chi connectivity index (χ2v) is 3.65. The van der Waals surface area contributed by atoms with Crippen LogP contribution in [0.4, 0.5) is 17.6 Å². The molecule has 1 aromatic heterocycles. The van der Waals surface area contributed by atoms with Gasteiger partial charge in [0.05, 0.1) is 6.54 Å². The highest BCUT2D eigenvalue weighted by Crippen LogP contribution is 2.27. The van der Waals surface area contributed by atoms with Crippen LogP contribution in [0.1, 0.15) is 11.5 Å². The molecule has 0 amide bonds. The van der Waals surface area contributed by atoms with Crippen LogP contribution in [0.5, 0.6) is 0 Å². The zero-order chi connectivity index (χ0) is 11.8. The highest BCUT2D eigenvalue weighted by atomic mass is 19.4. The van der Waals surface area contributed by atoms with Crippen molar-refractivity contribution in [2.45, 2.75) is 18.9 Å². The maximum atomic E-state index is 12.5. The van der Waals surface area contributed by atoms with Gasteiger partial charge in [-0.3, -0.25) is 4.90 Å². The second-order valence-electron chi connectivity index (χ2n) is 3.65. The van der Waals surface area contributed by atoms with Crippen molar-refractivity contribution in [1.29, 1.82) is 0 Å². The van der Waals surface area contributed by atoms with E-state index in [2.05, 4.69) is 9.97 Å². The van der Waals surface area contributed by atoms with Gasteiger partial charge in [-0.25, -0.2) is 14.4 Å². The van der Waals surface area contributed by atoms with Crippen molar-refractivity contribution in [3.8, 4) is 0 Å². The molecule has 2 heterocycles. The Balaban J connectivity index is 2.05. The summed E-state index contributed by atoms with van der Waals surface area (Å²) < 4.78 is 49.4. The van der Waals surface area contributed by atoms with E-state index in [0.29, 0.717) is 0 Å². The lowest BCUT2D eigenvalue weighted by molar-refractivity contribution is -0.141. The van der Waals surface area contributed by atoms with Crippen LogP contribution in [0.25, 0.3) is 0 Å². The molecule has 88 valence electrons. The summed E-state index contributed by atoms with van der Waals surface area (Å²) in [5.74, 6) is 0.0710. The maximum absolute atomic E-state index is 12.5. The molecule has 2 rings (SSSR count). The van der Waals surface area contributed by atoms with Crippen LogP contribution in [0, 0.1) is 0 Å². The third kappa shape index (κ3) is 2.46. The van der Waals surface area contributed by atoms with Crippen molar-refractivity contribution in [2.75, 3.05) is 13.1 Å². The molecule has 1 aliphatic rings. The number of likely N-dealkylation sites (tertiary alicyclic amines) is 1. The van der Waals surface area contributed by atoms with E-state index >= 15 is 0 Å². The van der Waals surface area contributed by atoms with Gasteiger partial charge in [0.2, 0.25) is 0 Å². The summed E-state index contributed by atoms with van der Waals surface area (Å²) in [5, 5.41) is 0. The molecule has 0 spiro atoms. The van der Waals surface area contributed by atoms with Gasteiger partial charge in [-0.05, 0) is 6.07 Å². The Morgan fingerprint density at radius 2 is 2.06 bits per heavy atom. The van der Waals surface area contributed by atoms with Gasteiger partial charge in [-0.15, -0.1) is 0 Å². The van der Waals surface area contributed by atoms with Crippen LogP contribution in [0.2, 0.25) is 0 Å². The SMILES string of the molecule is FC1CN(Cc2nccc(C(F)(F)F)n2)C1. The Morgan fingerprint density at radius 3 is 2.62 bits per heavy atom. The van der Waals surface area contributed by atoms with E-state index in [1.54, 1.807) is 4.90 Å². The van der Waals surface area contributed by atoms with Crippen molar-refractivity contribution >= 4 is 0 Å². The van der Waals surface area contributed by atoms with E-state index < -0.39 is 18.0 Å². The van der Waals surface area contributed by atoms with Crippen molar-refractivity contribution in [3.63, 3.8) is 0 Å². The molecule has 1 saturated heterocycles.